The molecule has 3 aromatic rings. The predicted molar refractivity (Wildman–Crippen MR) is 138 cm³/mol. The van der Waals surface area contributed by atoms with Gasteiger partial charge in [-0.1, -0.05) is 48.9 Å². The van der Waals surface area contributed by atoms with Crippen LogP contribution in [0.4, 0.5) is 0 Å². The first kappa shape index (κ1) is 21.4. The van der Waals surface area contributed by atoms with Crippen LogP contribution in [-0.4, -0.2) is 51.9 Å². The van der Waals surface area contributed by atoms with Gasteiger partial charge in [0.25, 0.3) is 5.91 Å². The molecule has 7 rings (SSSR count). The van der Waals surface area contributed by atoms with Gasteiger partial charge in [-0.25, -0.2) is 0 Å². The van der Waals surface area contributed by atoms with Crippen LogP contribution in [0.3, 0.4) is 0 Å². The van der Waals surface area contributed by atoms with E-state index in [0.29, 0.717) is 16.6 Å². The molecule has 1 aromatic heterocycles. The highest BCUT2D eigenvalue weighted by molar-refractivity contribution is 5.95. The number of hydrogen-bond acceptors (Lipinski definition) is 3. The number of aromatic amines is 1. The number of benzene rings is 2. The summed E-state index contributed by atoms with van der Waals surface area (Å²) in [4.78, 5) is 33.9. The zero-order chi connectivity index (χ0) is 23.6. The highest BCUT2D eigenvalue weighted by Gasteiger charge is 2.76. The fraction of sp³-hybridized carbons (Fsp3) is 0.467. The van der Waals surface area contributed by atoms with E-state index in [1.807, 2.05) is 23.1 Å². The van der Waals surface area contributed by atoms with E-state index in [9.17, 15) is 9.59 Å². The van der Waals surface area contributed by atoms with Crippen molar-refractivity contribution in [2.45, 2.75) is 61.9 Å². The summed E-state index contributed by atoms with van der Waals surface area (Å²) in [5.41, 5.74) is 3.14. The van der Waals surface area contributed by atoms with Gasteiger partial charge in [0.1, 0.15) is 5.69 Å². The Morgan fingerprint density at radius 3 is 2.57 bits per heavy atom. The molecule has 35 heavy (non-hydrogen) atoms. The summed E-state index contributed by atoms with van der Waals surface area (Å²) >= 11 is 0. The lowest BCUT2D eigenvalue weighted by Crippen LogP contribution is -2.46. The zero-order valence-electron chi connectivity index (χ0n) is 20.2. The Kier molecular flexibility index (Phi) is 4.76. The van der Waals surface area contributed by atoms with Crippen molar-refractivity contribution in [1.82, 2.24) is 14.8 Å². The van der Waals surface area contributed by atoms with Crippen LogP contribution in [0, 0.1) is 5.92 Å². The maximum absolute atomic E-state index is 13.4. The van der Waals surface area contributed by atoms with Crippen molar-refractivity contribution < 1.29 is 4.79 Å². The van der Waals surface area contributed by atoms with Crippen molar-refractivity contribution in [3.8, 4) is 0 Å². The van der Waals surface area contributed by atoms with E-state index in [4.69, 9.17) is 0 Å². The molecule has 0 bridgehead atoms. The van der Waals surface area contributed by atoms with Gasteiger partial charge in [0.2, 0.25) is 0 Å². The van der Waals surface area contributed by atoms with Crippen LogP contribution in [-0.2, 0) is 5.41 Å². The van der Waals surface area contributed by atoms with Gasteiger partial charge in [0.15, 0.2) is 5.43 Å². The SMILES string of the molecule is O=C(c1cc(=O)c2ccccc2[nH]1)N1CCC(CCN2C3CCCC4CC432)(c2ccccc2)CC1. The molecule has 5 heteroatoms. The van der Waals surface area contributed by atoms with Crippen LogP contribution in [0.25, 0.3) is 10.9 Å². The van der Waals surface area contributed by atoms with Crippen LogP contribution in [0.2, 0.25) is 0 Å². The second kappa shape index (κ2) is 7.79. The first-order valence-electron chi connectivity index (χ1n) is 13.3. The second-order valence-electron chi connectivity index (χ2n) is 11.3. The van der Waals surface area contributed by atoms with Crippen LogP contribution >= 0.6 is 0 Å². The number of carbonyl (C=O) groups excluding carboxylic acids is 1. The predicted octanol–water partition coefficient (Wildman–Crippen LogP) is 4.72. The Morgan fingerprint density at radius 1 is 1.00 bits per heavy atom. The molecule has 4 atom stereocenters. The van der Waals surface area contributed by atoms with E-state index >= 15 is 0 Å². The highest BCUT2D eigenvalue weighted by Crippen LogP contribution is 2.70. The average molecular weight is 468 g/mol. The Labute approximate surface area is 206 Å². The fourth-order valence-electron chi connectivity index (χ4n) is 7.68. The number of piperidine rings is 1. The lowest BCUT2D eigenvalue weighted by molar-refractivity contribution is 0.0649. The number of nitrogens with one attached hydrogen (secondary N) is 1. The topological polar surface area (TPSA) is 56.2 Å². The molecule has 4 unspecified atom stereocenters. The average Bonchev–Trinajstić information content (AvgIpc) is 3.79. The normalized spacial score (nSPS) is 30.4. The number of pyridine rings is 1. The number of fused-ring (bicyclic) bond motifs is 1. The molecule has 2 aromatic carbocycles. The number of rotatable bonds is 5. The van der Waals surface area contributed by atoms with Gasteiger partial charge in [-0.3, -0.25) is 14.5 Å². The smallest absolute Gasteiger partial charge is 0.270 e. The van der Waals surface area contributed by atoms with E-state index in [2.05, 4.69) is 40.2 Å². The third kappa shape index (κ3) is 3.31. The molecule has 0 radical (unpaired) electrons. The molecule has 2 aliphatic carbocycles. The van der Waals surface area contributed by atoms with Crippen LogP contribution < -0.4 is 5.43 Å². The number of H-pyrrole nitrogens is 1. The Morgan fingerprint density at radius 2 is 1.77 bits per heavy atom. The molecule has 1 spiro atoms. The number of hydrogen-bond donors (Lipinski definition) is 1. The molecule has 2 saturated carbocycles. The van der Waals surface area contributed by atoms with Crippen LogP contribution in [0.5, 0.6) is 0 Å². The largest absolute Gasteiger partial charge is 0.350 e. The van der Waals surface area contributed by atoms with Crippen LogP contribution in [0.1, 0.15) is 61.0 Å². The number of likely N-dealkylation sites (tertiary alicyclic amines) is 2. The van der Waals surface area contributed by atoms with Gasteiger partial charge < -0.3 is 9.88 Å². The van der Waals surface area contributed by atoms with Crippen LogP contribution in [0.15, 0.2) is 65.5 Å². The molecule has 1 N–H and O–H groups in total. The molecule has 5 nitrogen and oxygen atoms in total. The summed E-state index contributed by atoms with van der Waals surface area (Å²) in [5.74, 6) is 0.906. The molecule has 180 valence electrons. The fourth-order valence-corrected chi connectivity index (χ4v) is 7.68. The van der Waals surface area contributed by atoms with Crippen molar-refractivity contribution >= 4 is 16.8 Å². The molecular weight excluding hydrogens is 434 g/mol. The van der Waals surface area contributed by atoms with E-state index in [1.165, 1.54) is 43.9 Å². The molecule has 2 saturated heterocycles. The third-order valence-corrected chi connectivity index (χ3v) is 9.76. The van der Waals surface area contributed by atoms with Gasteiger partial charge >= 0.3 is 0 Å². The zero-order valence-corrected chi connectivity index (χ0v) is 20.2. The van der Waals surface area contributed by atoms with Gasteiger partial charge in [0.05, 0.1) is 0 Å². The third-order valence-electron chi connectivity index (χ3n) is 9.76. The Hall–Kier alpha value is -2.92. The van der Waals surface area contributed by atoms with Gasteiger partial charge in [-0.2, -0.15) is 0 Å². The van der Waals surface area contributed by atoms with Gasteiger partial charge in [-0.05, 0) is 74.1 Å². The van der Waals surface area contributed by atoms with Crippen molar-refractivity contribution in [1.29, 1.82) is 0 Å². The molecular formula is C30H33N3O2. The van der Waals surface area contributed by atoms with Crippen molar-refractivity contribution in [3.05, 3.63) is 82.1 Å². The van der Waals surface area contributed by atoms with Crippen molar-refractivity contribution in [2.24, 2.45) is 5.92 Å². The maximum atomic E-state index is 13.4. The Balaban J connectivity index is 1.09. The number of nitrogens with zero attached hydrogens (tertiary/aromatic N) is 2. The summed E-state index contributed by atoms with van der Waals surface area (Å²) in [6, 6.07) is 20.7. The van der Waals surface area contributed by atoms with Gasteiger partial charge in [0, 0.05) is 41.6 Å². The van der Waals surface area contributed by atoms with Crippen molar-refractivity contribution in [2.75, 3.05) is 19.6 Å². The standard InChI is InChI=1S/C30H33N3O2/c34-26-19-25(31-24-11-5-4-10-23(24)26)28(35)32-16-13-29(14-17-32,21-7-2-1-3-8-21)15-18-33-27-12-6-9-22-20-30(22,27)33/h1-5,7-8,10-11,19,22,27H,6,9,12-18,20H2,(H,31,34). The summed E-state index contributed by atoms with van der Waals surface area (Å²) in [6.07, 6.45) is 8.77. The van der Waals surface area contributed by atoms with E-state index < -0.39 is 0 Å². The van der Waals surface area contributed by atoms with E-state index in [0.717, 1.165) is 49.8 Å². The molecule has 2 aliphatic heterocycles. The minimum absolute atomic E-state index is 0.0637. The molecule has 4 fully saturated rings. The lowest BCUT2D eigenvalue weighted by atomic mass is 9.70. The second-order valence-corrected chi connectivity index (χ2v) is 11.3. The highest BCUT2D eigenvalue weighted by atomic mass is 16.2. The summed E-state index contributed by atoms with van der Waals surface area (Å²) in [5, 5.41) is 0.624. The monoisotopic (exact) mass is 467 g/mol. The first-order valence-corrected chi connectivity index (χ1v) is 13.3. The summed E-state index contributed by atoms with van der Waals surface area (Å²) in [7, 11) is 0. The van der Waals surface area contributed by atoms with E-state index in [-0.39, 0.29) is 16.8 Å². The summed E-state index contributed by atoms with van der Waals surface area (Å²) in [6.45, 7) is 2.63. The summed E-state index contributed by atoms with van der Waals surface area (Å²) < 4.78 is 0. The molecule has 3 heterocycles. The number of aromatic nitrogens is 1. The lowest BCUT2D eigenvalue weighted by Gasteiger charge is -2.42. The Bertz CT molecular complexity index is 1340. The maximum Gasteiger partial charge on any atom is 0.270 e. The minimum Gasteiger partial charge on any atom is -0.350 e. The number of carbonyl (C=O) groups is 1. The van der Waals surface area contributed by atoms with E-state index in [1.54, 1.807) is 6.07 Å². The molecule has 4 aliphatic rings. The quantitative estimate of drug-likeness (QED) is 0.553. The number of amides is 1. The first-order chi connectivity index (χ1) is 17.1. The molecule has 1 amide bonds. The van der Waals surface area contributed by atoms with Gasteiger partial charge in [-0.15, -0.1) is 0 Å². The minimum atomic E-state index is -0.101. The van der Waals surface area contributed by atoms with Crippen molar-refractivity contribution in [3.63, 3.8) is 0 Å². The number of para-hydroxylation sites is 1.